The van der Waals surface area contributed by atoms with Crippen LogP contribution in [0.5, 0.6) is 0 Å². The first-order valence-corrected chi connectivity index (χ1v) is 34.1. The molecule has 8 nitrogen and oxygen atoms in total. The Labute approximate surface area is 462 Å². The van der Waals surface area contributed by atoms with Gasteiger partial charge in [-0.2, -0.15) is 0 Å². The zero-order valence-electron chi connectivity index (χ0n) is 50.3. The monoisotopic (exact) mass is 1060 g/mol. The van der Waals surface area contributed by atoms with Crippen LogP contribution in [-0.4, -0.2) is 68.5 Å². The summed E-state index contributed by atoms with van der Waals surface area (Å²) in [6, 6.07) is -0.799. The lowest BCUT2D eigenvalue weighted by atomic mass is 10.0. The number of phosphoric ester groups is 1. The molecule has 0 aliphatic rings. The highest BCUT2D eigenvalue weighted by molar-refractivity contribution is 7.45. The zero-order valence-corrected chi connectivity index (χ0v) is 51.2. The molecule has 3 atom stereocenters. The van der Waals surface area contributed by atoms with E-state index in [1.807, 2.05) is 21.1 Å². The minimum Gasteiger partial charge on any atom is -0.756 e. The molecule has 0 saturated heterocycles. The number of allylic oxidation sites excluding steroid dienone is 4. The summed E-state index contributed by atoms with van der Waals surface area (Å²) in [6.45, 7) is 4.77. The number of rotatable bonds is 61. The Morgan fingerprint density at radius 1 is 0.473 bits per heavy atom. The second-order valence-electron chi connectivity index (χ2n) is 23.8. The molecule has 0 bridgehead atoms. The molecule has 0 rings (SSSR count). The number of quaternary nitrogens is 1. The van der Waals surface area contributed by atoms with Crippen LogP contribution in [0.4, 0.5) is 0 Å². The van der Waals surface area contributed by atoms with E-state index < -0.39 is 20.0 Å². The summed E-state index contributed by atoms with van der Waals surface area (Å²) in [4.78, 5) is 25.6. The maximum Gasteiger partial charge on any atom is 0.268 e. The molecule has 0 heterocycles. The van der Waals surface area contributed by atoms with Crippen LogP contribution in [0.25, 0.3) is 0 Å². The van der Waals surface area contributed by atoms with Crippen LogP contribution in [0.1, 0.15) is 335 Å². The molecule has 1 amide bonds. The number of hydrogen-bond acceptors (Lipinski definition) is 6. The minimum atomic E-state index is -4.57. The Morgan fingerprint density at radius 3 is 1.12 bits per heavy atom. The molecular weight excluding hydrogens is 936 g/mol. The van der Waals surface area contributed by atoms with E-state index in [9.17, 15) is 19.4 Å². The summed E-state index contributed by atoms with van der Waals surface area (Å²) < 4.78 is 23.5. The molecule has 74 heavy (non-hydrogen) atoms. The number of likely N-dealkylation sites (N-methyl/N-ethyl adjacent to an activating group) is 1. The van der Waals surface area contributed by atoms with E-state index >= 15 is 0 Å². The predicted molar refractivity (Wildman–Crippen MR) is 321 cm³/mol. The molecule has 0 aliphatic heterocycles. The summed E-state index contributed by atoms with van der Waals surface area (Å²) in [5.74, 6) is -0.159. The number of amides is 1. The number of hydrogen-bond donors (Lipinski definition) is 2. The van der Waals surface area contributed by atoms with Crippen molar-refractivity contribution in [2.24, 2.45) is 0 Å². The summed E-state index contributed by atoms with van der Waals surface area (Å²) in [5, 5.41) is 14.0. The van der Waals surface area contributed by atoms with Gasteiger partial charge in [-0.05, 0) is 44.9 Å². The Kier molecular flexibility index (Phi) is 55.9. The molecule has 0 saturated carbocycles. The maximum absolute atomic E-state index is 13.0. The fraction of sp³-hybridized carbons (Fsp3) is 0.923. The van der Waals surface area contributed by atoms with Gasteiger partial charge in [0.1, 0.15) is 13.2 Å². The normalized spacial score (nSPS) is 13.9. The topological polar surface area (TPSA) is 108 Å². The third-order valence-electron chi connectivity index (χ3n) is 15.2. The van der Waals surface area contributed by atoms with Gasteiger partial charge >= 0.3 is 0 Å². The number of aliphatic hydroxyl groups excluding tert-OH is 1. The van der Waals surface area contributed by atoms with E-state index in [0.29, 0.717) is 23.9 Å². The number of aliphatic hydroxyl groups is 1. The lowest BCUT2D eigenvalue weighted by molar-refractivity contribution is -0.870. The number of carbonyl (C=O) groups excluding carboxylic acids is 1. The van der Waals surface area contributed by atoms with Gasteiger partial charge in [-0.15, -0.1) is 0 Å². The molecule has 0 aromatic rings. The number of nitrogens with one attached hydrogen (secondary N) is 1. The highest BCUT2D eigenvalue weighted by Crippen LogP contribution is 2.38. The fourth-order valence-electron chi connectivity index (χ4n) is 10.1. The van der Waals surface area contributed by atoms with Crippen molar-refractivity contribution in [1.82, 2.24) is 5.32 Å². The van der Waals surface area contributed by atoms with Crippen molar-refractivity contribution >= 4 is 13.7 Å². The lowest BCUT2D eigenvalue weighted by Crippen LogP contribution is -2.46. The van der Waals surface area contributed by atoms with Crippen molar-refractivity contribution in [1.29, 1.82) is 0 Å². The zero-order chi connectivity index (χ0) is 54.2. The Balaban J connectivity index is 3.96. The van der Waals surface area contributed by atoms with Crippen molar-refractivity contribution in [3.8, 4) is 0 Å². The van der Waals surface area contributed by atoms with Crippen LogP contribution in [0, 0.1) is 0 Å². The molecule has 9 heteroatoms. The van der Waals surface area contributed by atoms with Gasteiger partial charge < -0.3 is 28.8 Å². The van der Waals surface area contributed by atoms with Crippen LogP contribution in [0.2, 0.25) is 0 Å². The molecule has 440 valence electrons. The van der Waals surface area contributed by atoms with Crippen molar-refractivity contribution in [2.45, 2.75) is 347 Å². The predicted octanol–water partition coefficient (Wildman–Crippen LogP) is 19.7. The maximum atomic E-state index is 13.0. The van der Waals surface area contributed by atoms with Gasteiger partial charge in [-0.3, -0.25) is 9.36 Å². The summed E-state index contributed by atoms with van der Waals surface area (Å²) >= 11 is 0. The number of nitrogens with zero attached hydrogens (tertiary/aromatic N) is 1. The van der Waals surface area contributed by atoms with Crippen LogP contribution < -0.4 is 10.2 Å². The third-order valence-corrected chi connectivity index (χ3v) is 16.2. The molecule has 0 radical (unpaired) electrons. The second-order valence-corrected chi connectivity index (χ2v) is 25.2. The first-order valence-electron chi connectivity index (χ1n) is 32.7. The molecule has 3 unspecified atom stereocenters. The average Bonchev–Trinajstić information content (AvgIpc) is 3.36. The standard InChI is InChI=1S/C65H129N2O6P/c1-6-8-10-12-14-16-18-20-22-24-25-26-27-28-29-30-31-32-33-34-35-36-37-38-39-40-41-43-45-47-49-51-53-55-57-59-65(69)66-63(62-73-74(70,71)72-61-60-67(3,4)5)64(68)58-56-54-52-50-48-46-44-42-23-21-19-17-15-13-11-9-7-2/h27-28,30-31,63-64,68H,6-26,29,32-62H2,1-5H3,(H-,66,69,70,71)/b28-27-,31-30-. The van der Waals surface area contributed by atoms with Crippen LogP contribution in [0.15, 0.2) is 24.3 Å². The summed E-state index contributed by atoms with van der Waals surface area (Å²) in [6.07, 6.45) is 72.4. The van der Waals surface area contributed by atoms with Crippen LogP contribution >= 0.6 is 7.82 Å². The number of phosphoric acid groups is 1. The highest BCUT2D eigenvalue weighted by Gasteiger charge is 2.24. The van der Waals surface area contributed by atoms with E-state index in [4.69, 9.17) is 9.05 Å². The van der Waals surface area contributed by atoms with E-state index in [1.54, 1.807) is 0 Å². The quantitative estimate of drug-likeness (QED) is 0.0272. The molecule has 0 spiro atoms. The first-order chi connectivity index (χ1) is 36.0. The number of carbonyl (C=O) groups is 1. The molecule has 2 N–H and O–H groups in total. The van der Waals surface area contributed by atoms with Gasteiger partial charge in [0.2, 0.25) is 5.91 Å². The average molecular weight is 1070 g/mol. The van der Waals surface area contributed by atoms with Crippen molar-refractivity contribution in [2.75, 3.05) is 40.9 Å². The van der Waals surface area contributed by atoms with Crippen LogP contribution in [0.3, 0.4) is 0 Å². The Hall–Kier alpha value is -1.02. The van der Waals surface area contributed by atoms with Crippen molar-refractivity contribution in [3.05, 3.63) is 24.3 Å². The molecule has 0 aromatic carbocycles. The van der Waals surface area contributed by atoms with E-state index in [-0.39, 0.29) is 19.1 Å². The van der Waals surface area contributed by atoms with E-state index in [0.717, 1.165) is 44.9 Å². The molecule has 0 aliphatic carbocycles. The largest absolute Gasteiger partial charge is 0.756 e. The number of unbranched alkanes of at least 4 members (excludes halogenated alkanes) is 44. The Morgan fingerprint density at radius 2 is 0.784 bits per heavy atom. The van der Waals surface area contributed by atoms with Gasteiger partial charge in [-0.25, -0.2) is 0 Å². The van der Waals surface area contributed by atoms with E-state index in [2.05, 4.69) is 43.5 Å². The third kappa shape index (κ3) is 58.7. The van der Waals surface area contributed by atoms with Gasteiger partial charge in [0, 0.05) is 6.42 Å². The Bertz CT molecular complexity index is 1260. The fourth-order valence-corrected chi connectivity index (χ4v) is 10.8. The molecule has 0 fully saturated rings. The van der Waals surface area contributed by atoms with Gasteiger partial charge in [-0.1, -0.05) is 308 Å². The van der Waals surface area contributed by atoms with E-state index in [1.165, 1.54) is 263 Å². The summed E-state index contributed by atoms with van der Waals surface area (Å²) in [7, 11) is 1.32. The second kappa shape index (κ2) is 56.7. The van der Waals surface area contributed by atoms with Gasteiger partial charge in [0.05, 0.1) is 39.9 Å². The first kappa shape index (κ1) is 73.0. The lowest BCUT2D eigenvalue weighted by Gasteiger charge is -2.30. The minimum absolute atomic E-state index is 0.0145. The van der Waals surface area contributed by atoms with Gasteiger partial charge in [0.25, 0.3) is 7.82 Å². The smallest absolute Gasteiger partial charge is 0.268 e. The molecular formula is C65H129N2O6P. The van der Waals surface area contributed by atoms with Gasteiger partial charge in [0.15, 0.2) is 0 Å². The highest BCUT2D eigenvalue weighted by atomic mass is 31.2. The summed E-state index contributed by atoms with van der Waals surface area (Å²) in [5.41, 5.74) is 0. The van der Waals surface area contributed by atoms with Crippen molar-refractivity contribution in [3.63, 3.8) is 0 Å². The van der Waals surface area contributed by atoms with Crippen molar-refractivity contribution < 1.29 is 32.9 Å². The van der Waals surface area contributed by atoms with Crippen LogP contribution in [-0.2, 0) is 18.4 Å². The SMILES string of the molecule is CCCCCCCCCCCCC/C=C\C/C=C\CCCCCCCCCCCCCCCCCCCC(=O)NC(COP(=O)([O-])OCC[N+](C)(C)C)C(O)CCCCCCCCCCCCCCCCCCC. The molecule has 0 aromatic heterocycles.